The van der Waals surface area contributed by atoms with Crippen LogP contribution in [-0.4, -0.2) is 27.2 Å². The topological polar surface area (TPSA) is 42.5 Å². The van der Waals surface area contributed by atoms with Crippen LogP contribution in [0.15, 0.2) is 78.9 Å². The van der Waals surface area contributed by atoms with Crippen molar-refractivity contribution in [1.29, 1.82) is 0 Å². The third-order valence-corrected chi connectivity index (χ3v) is 5.43. The van der Waals surface area contributed by atoms with Crippen LogP contribution >= 0.6 is 0 Å². The maximum absolute atomic E-state index is 6.51. The van der Waals surface area contributed by atoms with Crippen LogP contribution in [0.5, 0.6) is 11.5 Å². The van der Waals surface area contributed by atoms with Crippen LogP contribution in [0.4, 0.5) is 0 Å². The molecule has 0 aliphatic heterocycles. The number of rotatable bonds is 12. The molecule has 0 aromatic heterocycles. The standard InChI is InChI=1S/C27H34N2O2/c1-21-24(30-26(17-19-28-2)22-11-6-4-7-12-22)15-10-16-25(21)31-27(18-20-29-3)23-13-8-5-9-14-23/h4-16,26-29H,17-20H2,1-3H3. The molecule has 2 atom stereocenters. The zero-order chi connectivity index (χ0) is 21.9. The summed E-state index contributed by atoms with van der Waals surface area (Å²) in [5, 5.41) is 6.47. The molecule has 0 fully saturated rings. The Hall–Kier alpha value is -2.82. The lowest BCUT2D eigenvalue weighted by molar-refractivity contribution is 0.181. The fourth-order valence-corrected chi connectivity index (χ4v) is 3.63. The van der Waals surface area contributed by atoms with E-state index in [1.54, 1.807) is 0 Å². The number of nitrogens with one attached hydrogen (secondary N) is 2. The summed E-state index contributed by atoms with van der Waals surface area (Å²) in [6.07, 6.45) is 1.74. The van der Waals surface area contributed by atoms with Crippen molar-refractivity contribution in [2.75, 3.05) is 27.2 Å². The molecular weight excluding hydrogens is 384 g/mol. The highest BCUT2D eigenvalue weighted by Crippen LogP contribution is 2.35. The third-order valence-electron chi connectivity index (χ3n) is 5.43. The van der Waals surface area contributed by atoms with Gasteiger partial charge in [-0.2, -0.15) is 0 Å². The zero-order valence-corrected chi connectivity index (χ0v) is 18.8. The summed E-state index contributed by atoms with van der Waals surface area (Å²) in [5.41, 5.74) is 3.39. The largest absolute Gasteiger partial charge is 0.485 e. The fraction of sp³-hybridized carbons (Fsp3) is 0.333. The maximum Gasteiger partial charge on any atom is 0.126 e. The number of hydrogen-bond acceptors (Lipinski definition) is 4. The van der Waals surface area contributed by atoms with Gasteiger partial charge in [-0.15, -0.1) is 0 Å². The molecule has 0 heterocycles. The second-order valence-electron chi connectivity index (χ2n) is 7.70. The van der Waals surface area contributed by atoms with Crippen LogP contribution in [-0.2, 0) is 0 Å². The van der Waals surface area contributed by atoms with Gasteiger partial charge >= 0.3 is 0 Å². The number of benzene rings is 3. The molecule has 0 spiro atoms. The lowest BCUT2D eigenvalue weighted by Crippen LogP contribution is -2.17. The SMILES string of the molecule is CNCCC(Oc1cccc(OC(CCNC)c2ccccc2)c1C)c1ccccc1. The third kappa shape index (κ3) is 6.58. The Balaban J connectivity index is 1.82. The maximum atomic E-state index is 6.51. The van der Waals surface area contributed by atoms with Gasteiger partial charge in [0.1, 0.15) is 23.7 Å². The van der Waals surface area contributed by atoms with E-state index >= 15 is 0 Å². The van der Waals surface area contributed by atoms with E-state index in [2.05, 4.69) is 66.1 Å². The smallest absolute Gasteiger partial charge is 0.126 e. The summed E-state index contributed by atoms with van der Waals surface area (Å²) in [7, 11) is 3.94. The average molecular weight is 419 g/mol. The van der Waals surface area contributed by atoms with Gasteiger partial charge in [0.05, 0.1) is 0 Å². The van der Waals surface area contributed by atoms with Crippen molar-refractivity contribution in [3.63, 3.8) is 0 Å². The molecule has 0 amide bonds. The Kier molecular flexibility index (Phi) is 8.95. The van der Waals surface area contributed by atoms with Crippen molar-refractivity contribution in [2.24, 2.45) is 0 Å². The van der Waals surface area contributed by atoms with E-state index < -0.39 is 0 Å². The van der Waals surface area contributed by atoms with Gasteiger partial charge in [-0.25, -0.2) is 0 Å². The second kappa shape index (κ2) is 12.1. The van der Waals surface area contributed by atoms with Gasteiger partial charge in [0, 0.05) is 18.4 Å². The molecular formula is C27H34N2O2. The molecule has 0 saturated carbocycles. The minimum Gasteiger partial charge on any atom is -0.485 e. The minimum atomic E-state index is -0.0168. The lowest BCUT2D eigenvalue weighted by atomic mass is 10.1. The van der Waals surface area contributed by atoms with E-state index in [1.165, 1.54) is 11.1 Å². The summed E-state index contributed by atoms with van der Waals surface area (Å²) >= 11 is 0. The van der Waals surface area contributed by atoms with Crippen LogP contribution < -0.4 is 20.1 Å². The summed E-state index contributed by atoms with van der Waals surface area (Å²) in [4.78, 5) is 0. The van der Waals surface area contributed by atoms with Crippen LogP contribution in [0.2, 0.25) is 0 Å². The van der Waals surface area contributed by atoms with Crippen LogP contribution in [0, 0.1) is 6.92 Å². The molecule has 31 heavy (non-hydrogen) atoms. The molecule has 3 aromatic carbocycles. The van der Waals surface area contributed by atoms with Crippen molar-refractivity contribution in [2.45, 2.75) is 32.0 Å². The van der Waals surface area contributed by atoms with Crippen LogP contribution in [0.3, 0.4) is 0 Å². The van der Waals surface area contributed by atoms with Crippen molar-refractivity contribution in [1.82, 2.24) is 10.6 Å². The van der Waals surface area contributed by atoms with Crippen molar-refractivity contribution in [3.8, 4) is 11.5 Å². The second-order valence-corrected chi connectivity index (χ2v) is 7.70. The predicted molar refractivity (Wildman–Crippen MR) is 128 cm³/mol. The Morgan fingerprint density at radius 3 is 1.42 bits per heavy atom. The highest BCUT2D eigenvalue weighted by atomic mass is 16.5. The van der Waals surface area contributed by atoms with Crippen molar-refractivity contribution >= 4 is 0 Å². The Morgan fingerprint density at radius 2 is 1.03 bits per heavy atom. The first-order chi connectivity index (χ1) is 15.2. The molecule has 0 aliphatic carbocycles. The van der Waals surface area contributed by atoms with Gasteiger partial charge in [-0.3, -0.25) is 0 Å². The lowest BCUT2D eigenvalue weighted by Gasteiger charge is -2.24. The van der Waals surface area contributed by atoms with Crippen molar-refractivity contribution in [3.05, 3.63) is 95.6 Å². The molecule has 2 unspecified atom stereocenters. The average Bonchev–Trinajstić information content (AvgIpc) is 2.82. The first-order valence-electron chi connectivity index (χ1n) is 11.0. The first kappa shape index (κ1) is 22.9. The Morgan fingerprint density at radius 1 is 0.613 bits per heavy atom. The zero-order valence-electron chi connectivity index (χ0n) is 18.8. The molecule has 4 nitrogen and oxygen atoms in total. The molecule has 164 valence electrons. The molecule has 0 aliphatic rings. The fourth-order valence-electron chi connectivity index (χ4n) is 3.63. The van der Waals surface area contributed by atoms with Gasteiger partial charge < -0.3 is 20.1 Å². The molecule has 3 aromatic rings. The normalized spacial score (nSPS) is 12.9. The first-order valence-corrected chi connectivity index (χ1v) is 11.0. The Bertz CT molecular complexity index is 828. The monoisotopic (exact) mass is 418 g/mol. The predicted octanol–water partition coefficient (Wildman–Crippen LogP) is 5.45. The number of hydrogen-bond donors (Lipinski definition) is 2. The van der Waals surface area contributed by atoms with E-state index in [1.807, 2.05) is 44.4 Å². The molecule has 4 heteroatoms. The minimum absolute atomic E-state index is 0.0168. The van der Waals surface area contributed by atoms with Crippen molar-refractivity contribution < 1.29 is 9.47 Å². The Labute approximate surface area is 186 Å². The van der Waals surface area contributed by atoms with E-state index in [0.717, 1.165) is 43.0 Å². The molecule has 0 bridgehead atoms. The van der Waals surface area contributed by atoms with Gasteiger partial charge in [0.2, 0.25) is 0 Å². The highest BCUT2D eigenvalue weighted by molar-refractivity contribution is 5.44. The summed E-state index contributed by atoms with van der Waals surface area (Å²) in [5.74, 6) is 1.73. The van der Waals surface area contributed by atoms with Gasteiger partial charge in [0.15, 0.2) is 0 Å². The van der Waals surface area contributed by atoms with E-state index in [9.17, 15) is 0 Å². The van der Waals surface area contributed by atoms with E-state index in [4.69, 9.17) is 9.47 Å². The summed E-state index contributed by atoms with van der Waals surface area (Å²) < 4.78 is 13.0. The van der Waals surface area contributed by atoms with E-state index in [-0.39, 0.29) is 12.2 Å². The summed E-state index contributed by atoms with van der Waals surface area (Å²) in [6, 6.07) is 26.9. The van der Waals surface area contributed by atoms with Crippen LogP contribution in [0.1, 0.15) is 41.7 Å². The molecule has 0 radical (unpaired) electrons. The summed E-state index contributed by atoms with van der Waals surface area (Å²) in [6.45, 7) is 3.84. The molecule has 2 N–H and O–H groups in total. The quantitative estimate of drug-likeness (QED) is 0.410. The molecule has 3 rings (SSSR count). The highest BCUT2D eigenvalue weighted by Gasteiger charge is 2.18. The van der Waals surface area contributed by atoms with Gasteiger partial charge in [-0.1, -0.05) is 66.7 Å². The molecule has 0 saturated heterocycles. The van der Waals surface area contributed by atoms with Crippen LogP contribution in [0.25, 0.3) is 0 Å². The number of ether oxygens (including phenoxy) is 2. The van der Waals surface area contributed by atoms with Gasteiger partial charge in [0.25, 0.3) is 0 Å². The van der Waals surface area contributed by atoms with Gasteiger partial charge in [-0.05, 0) is 57.4 Å². The van der Waals surface area contributed by atoms with E-state index in [0.29, 0.717) is 0 Å².